The van der Waals surface area contributed by atoms with Crippen LogP contribution in [0.2, 0.25) is 0 Å². The van der Waals surface area contributed by atoms with Crippen LogP contribution in [0.1, 0.15) is 57.8 Å². The maximum absolute atomic E-state index is 12.9. The SMILES string of the molecule is CC(c1cccc(O)c1)N(C)C(=O)c1ccc(C(=O)N(C)C(C)c2cccc(O)c2)cc1. The van der Waals surface area contributed by atoms with Crippen molar-refractivity contribution in [2.45, 2.75) is 25.9 Å². The van der Waals surface area contributed by atoms with E-state index in [2.05, 4.69) is 0 Å². The van der Waals surface area contributed by atoms with Gasteiger partial charge in [0.25, 0.3) is 11.8 Å². The topological polar surface area (TPSA) is 81.1 Å². The van der Waals surface area contributed by atoms with E-state index in [4.69, 9.17) is 0 Å². The van der Waals surface area contributed by atoms with Gasteiger partial charge in [0, 0.05) is 25.2 Å². The molecule has 6 heteroatoms. The van der Waals surface area contributed by atoms with Crippen molar-refractivity contribution in [3.8, 4) is 11.5 Å². The lowest BCUT2D eigenvalue weighted by atomic mass is 10.0. The predicted octanol–water partition coefficient (Wildman–Crippen LogP) is 4.76. The van der Waals surface area contributed by atoms with Gasteiger partial charge in [0.2, 0.25) is 0 Å². The van der Waals surface area contributed by atoms with Crippen LogP contribution in [0.3, 0.4) is 0 Å². The lowest BCUT2D eigenvalue weighted by Gasteiger charge is -2.26. The maximum atomic E-state index is 12.9. The molecule has 0 radical (unpaired) electrons. The van der Waals surface area contributed by atoms with Crippen LogP contribution in [-0.2, 0) is 0 Å². The summed E-state index contributed by atoms with van der Waals surface area (Å²) in [7, 11) is 3.42. The van der Waals surface area contributed by atoms with Gasteiger partial charge in [-0.05, 0) is 73.5 Å². The van der Waals surface area contributed by atoms with Crippen molar-refractivity contribution in [3.05, 3.63) is 95.1 Å². The monoisotopic (exact) mass is 432 g/mol. The molecular weight excluding hydrogens is 404 g/mol. The van der Waals surface area contributed by atoms with Crippen molar-refractivity contribution in [1.82, 2.24) is 9.80 Å². The van der Waals surface area contributed by atoms with E-state index < -0.39 is 0 Å². The van der Waals surface area contributed by atoms with Crippen molar-refractivity contribution < 1.29 is 19.8 Å². The Balaban J connectivity index is 1.72. The molecule has 0 saturated carbocycles. The number of benzene rings is 3. The average Bonchev–Trinajstić information content (AvgIpc) is 2.81. The molecule has 6 nitrogen and oxygen atoms in total. The minimum Gasteiger partial charge on any atom is -0.508 e. The standard InChI is InChI=1S/C26H28N2O4/c1-17(21-7-5-9-23(29)15-21)27(3)25(31)19-11-13-20(14-12-19)26(32)28(4)18(2)22-8-6-10-24(30)16-22/h5-18,29-30H,1-4H3. The van der Waals surface area contributed by atoms with Crippen LogP contribution in [0.4, 0.5) is 0 Å². The first-order valence-electron chi connectivity index (χ1n) is 10.4. The Labute approximate surface area is 188 Å². The minimum absolute atomic E-state index is 0.155. The van der Waals surface area contributed by atoms with Gasteiger partial charge in [-0.3, -0.25) is 9.59 Å². The second-order valence-electron chi connectivity index (χ2n) is 7.95. The number of rotatable bonds is 6. The summed E-state index contributed by atoms with van der Waals surface area (Å²) in [5.74, 6) is -0.0492. The van der Waals surface area contributed by atoms with E-state index in [-0.39, 0.29) is 35.4 Å². The van der Waals surface area contributed by atoms with E-state index >= 15 is 0 Å². The van der Waals surface area contributed by atoms with Gasteiger partial charge in [-0.25, -0.2) is 0 Å². The lowest BCUT2D eigenvalue weighted by molar-refractivity contribution is 0.0730. The number of aromatic hydroxyl groups is 2. The Bertz CT molecular complexity index is 1020. The third-order valence-corrected chi connectivity index (χ3v) is 5.89. The molecule has 2 atom stereocenters. The van der Waals surface area contributed by atoms with E-state index in [1.807, 2.05) is 26.0 Å². The number of phenols is 2. The van der Waals surface area contributed by atoms with Crippen LogP contribution in [0, 0.1) is 0 Å². The van der Waals surface area contributed by atoms with E-state index in [0.717, 1.165) is 11.1 Å². The molecule has 32 heavy (non-hydrogen) atoms. The van der Waals surface area contributed by atoms with Gasteiger partial charge in [-0.1, -0.05) is 24.3 Å². The molecule has 0 aromatic heterocycles. The molecule has 0 aliphatic rings. The zero-order valence-electron chi connectivity index (χ0n) is 18.7. The molecule has 0 spiro atoms. The molecule has 166 valence electrons. The highest BCUT2D eigenvalue weighted by atomic mass is 16.3. The molecule has 2 N–H and O–H groups in total. The number of nitrogens with zero attached hydrogens (tertiary/aromatic N) is 2. The van der Waals surface area contributed by atoms with Crippen LogP contribution in [-0.4, -0.2) is 45.9 Å². The zero-order chi connectivity index (χ0) is 23.4. The lowest BCUT2D eigenvalue weighted by Crippen LogP contribution is -2.30. The Morgan fingerprint density at radius 2 is 1.00 bits per heavy atom. The summed E-state index contributed by atoms with van der Waals surface area (Å²) in [4.78, 5) is 29.1. The van der Waals surface area contributed by atoms with E-state index in [0.29, 0.717) is 11.1 Å². The highest BCUT2D eigenvalue weighted by Gasteiger charge is 2.22. The van der Waals surface area contributed by atoms with Crippen LogP contribution in [0.5, 0.6) is 11.5 Å². The highest BCUT2D eigenvalue weighted by molar-refractivity contribution is 5.98. The van der Waals surface area contributed by atoms with Crippen LogP contribution in [0.25, 0.3) is 0 Å². The molecule has 0 bridgehead atoms. The fourth-order valence-electron chi connectivity index (χ4n) is 3.53. The van der Waals surface area contributed by atoms with Gasteiger partial charge < -0.3 is 20.0 Å². The van der Waals surface area contributed by atoms with Gasteiger partial charge in [0.05, 0.1) is 12.1 Å². The van der Waals surface area contributed by atoms with Crippen molar-refractivity contribution in [2.24, 2.45) is 0 Å². The van der Waals surface area contributed by atoms with Crippen molar-refractivity contribution in [2.75, 3.05) is 14.1 Å². The summed E-state index contributed by atoms with van der Waals surface area (Å²) in [5, 5.41) is 19.4. The van der Waals surface area contributed by atoms with Crippen molar-refractivity contribution in [3.63, 3.8) is 0 Å². The zero-order valence-corrected chi connectivity index (χ0v) is 18.7. The summed E-state index contributed by atoms with van der Waals surface area (Å²) in [6.07, 6.45) is 0. The van der Waals surface area contributed by atoms with Crippen LogP contribution in [0.15, 0.2) is 72.8 Å². The predicted molar refractivity (Wildman–Crippen MR) is 124 cm³/mol. The Hall–Kier alpha value is -3.80. The summed E-state index contributed by atoms with van der Waals surface area (Å²) in [5.41, 5.74) is 2.60. The molecule has 3 aromatic carbocycles. The maximum Gasteiger partial charge on any atom is 0.254 e. The largest absolute Gasteiger partial charge is 0.508 e. The van der Waals surface area contributed by atoms with Gasteiger partial charge in [-0.2, -0.15) is 0 Å². The number of amides is 2. The smallest absolute Gasteiger partial charge is 0.254 e. The quantitative estimate of drug-likeness (QED) is 0.588. The fraction of sp³-hybridized carbons (Fsp3) is 0.231. The third kappa shape index (κ3) is 4.91. The fourth-order valence-corrected chi connectivity index (χ4v) is 3.53. The van der Waals surface area contributed by atoms with Gasteiger partial charge in [0.1, 0.15) is 11.5 Å². The summed E-state index contributed by atoms with van der Waals surface area (Å²) >= 11 is 0. The van der Waals surface area contributed by atoms with Crippen LogP contribution < -0.4 is 0 Å². The summed E-state index contributed by atoms with van der Waals surface area (Å²) < 4.78 is 0. The van der Waals surface area contributed by atoms with E-state index in [1.54, 1.807) is 84.6 Å². The Morgan fingerprint density at radius 1 is 0.656 bits per heavy atom. The molecular formula is C26H28N2O4. The molecule has 0 saturated heterocycles. The van der Waals surface area contributed by atoms with Crippen molar-refractivity contribution >= 4 is 11.8 Å². The minimum atomic E-state index is -0.231. The molecule has 3 rings (SSSR count). The molecule has 0 aliphatic carbocycles. The Kier molecular flexibility index (Phi) is 6.83. The number of hydrogen-bond donors (Lipinski definition) is 2. The van der Waals surface area contributed by atoms with Crippen LogP contribution >= 0.6 is 0 Å². The number of phenolic OH excluding ortho intramolecular Hbond substituents is 2. The van der Waals surface area contributed by atoms with Gasteiger partial charge >= 0.3 is 0 Å². The van der Waals surface area contributed by atoms with E-state index in [9.17, 15) is 19.8 Å². The first-order valence-corrected chi connectivity index (χ1v) is 10.4. The summed E-state index contributed by atoms with van der Waals surface area (Å²) in [6.45, 7) is 3.78. The number of carbonyl (C=O) groups is 2. The first kappa shape index (κ1) is 22.9. The van der Waals surface area contributed by atoms with Gasteiger partial charge in [-0.15, -0.1) is 0 Å². The molecule has 2 unspecified atom stereocenters. The normalized spacial score (nSPS) is 12.6. The highest BCUT2D eigenvalue weighted by Crippen LogP contribution is 2.25. The molecule has 2 amide bonds. The molecule has 0 aliphatic heterocycles. The first-order chi connectivity index (χ1) is 15.2. The molecule has 0 heterocycles. The summed E-state index contributed by atoms with van der Waals surface area (Å²) in [6, 6.07) is 19.8. The average molecular weight is 433 g/mol. The number of hydrogen-bond acceptors (Lipinski definition) is 4. The van der Waals surface area contributed by atoms with Gasteiger partial charge in [0.15, 0.2) is 0 Å². The molecule has 3 aromatic rings. The van der Waals surface area contributed by atoms with Crippen molar-refractivity contribution in [1.29, 1.82) is 0 Å². The molecule has 0 fully saturated rings. The Morgan fingerprint density at radius 3 is 1.31 bits per heavy atom. The number of carbonyl (C=O) groups excluding carboxylic acids is 2. The second kappa shape index (κ2) is 9.56. The second-order valence-corrected chi connectivity index (χ2v) is 7.95. The van der Waals surface area contributed by atoms with E-state index in [1.165, 1.54) is 0 Å². The third-order valence-electron chi connectivity index (χ3n) is 5.89.